The van der Waals surface area contributed by atoms with Crippen molar-refractivity contribution in [3.8, 4) is 0 Å². The fourth-order valence-electron chi connectivity index (χ4n) is 7.35. The molecule has 4 atom stereocenters. The molecular weight excluding hydrogens is 368 g/mol. The van der Waals surface area contributed by atoms with Gasteiger partial charge in [-0.1, -0.05) is 18.6 Å². The highest BCUT2D eigenvalue weighted by molar-refractivity contribution is 5.89. The maximum Gasteiger partial charge on any atom is 0.303 e. The molecule has 5 aliphatic rings. The Hall–Kier alpha value is -1.46. The first-order valence-electron chi connectivity index (χ1n) is 11.2. The van der Waals surface area contributed by atoms with Crippen molar-refractivity contribution in [3.05, 3.63) is 22.8 Å². The molecule has 0 radical (unpaired) electrons. The molecule has 0 aromatic rings. The molecule has 5 rings (SSSR count). The second-order valence-corrected chi connectivity index (χ2v) is 9.91. The van der Waals surface area contributed by atoms with E-state index in [1.807, 2.05) is 0 Å². The summed E-state index contributed by atoms with van der Waals surface area (Å²) in [6.45, 7) is 6.62. The Balaban J connectivity index is 1.49. The summed E-state index contributed by atoms with van der Waals surface area (Å²) < 4.78 is 17.8. The molecule has 1 aliphatic heterocycles. The lowest BCUT2D eigenvalue weighted by Gasteiger charge is -2.51. The van der Waals surface area contributed by atoms with Crippen LogP contribution >= 0.6 is 0 Å². The highest BCUT2D eigenvalue weighted by atomic mass is 16.7. The van der Waals surface area contributed by atoms with Crippen molar-refractivity contribution >= 4 is 11.8 Å². The first-order valence-corrected chi connectivity index (χ1v) is 11.2. The first-order chi connectivity index (χ1) is 13.8. The van der Waals surface area contributed by atoms with Crippen molar-refractivity contribution < 1.29 is 23.8 Å². The van der Waals surface area contributed by atoms with Crippen LogP contribution in [-0.2, 0) is 23.8 Å². The number of rotatable bonds is 2. The molecule has 5 heteroatoms. The number of hydrogen-bond donors (Lipinski definition) is 0. The number of carbonyl (C=O) groups excluding carboxylic acids is 2. The zero-order chi connectivity index (χ0) is 20.4. The van der Waals surface area contributed by atoms with E-state index in [4.69, 9.17) is 14.2 Å². The molecule has 0 N–H and O–H groups in total. The maximum atomic E-state index is 12.8. The van der Waals surface area contributed by atoms with Crippen molar-refractivity contribution in [2.45, 2.75) is 83.5 Å². The molecule has 29 heavy (non-hydrogen) atoms. The summed E-state index contributed by atoms with van der Waals surface area (Å²) in [5.41, 5.74) is 3.26. The predicted octanol–water partition coefficient (Wildman–Crippen LogP) is 4.26. The van der Waals surface area contributed by atoms with Crippen LogP contribution in [0, 0.1) is 17.3 Å². The molecule has 1 spiro atoms. The van der Waals surface area contributed by atoms with Gasteiger partial charge in [-0.25, -0.2) is 0 Å². The summed E-state index contributed by atoms with van der Waals surface area (Å²) in [7, 11) is 0. The van der Waals surface area contributed by atoms with Crippen molar-refractivity contribution in [2.75, 3.05) is 13.2 Å². The lowest BCUT2D eigenvalue weighted by atomic mass is 9.55. The maximum absolute atomic E-state index is 12.8. The number of esters is 1. The van der Waals surface area contributed by atoms with Gasteiger partial charge in [0.25, 0.3) is 0 Å². The Morgan fingerprint density at radius 2 is 1.86 bits per heavy atom. The highest BCUT2D eigenvalue weighted by Crippen LogP contribution is 2.64. The van der Waals surface area contributed by atoms with Gasteiger partial charge >= 0.3 is 5.97 Å². The van der Waals surface area contributed by atoms with Gasteiger partial charge in [-0.2, -0.15) is 0 Å². The van der Waals surface area contributed by atoms with Gasteiger partial charge in [0.15, 0.2) is 17.2 Å². The third kappa shape index (κ3) is 2.66. The summed E-state index contributed by atoms with van der Waals surface area (Å²) in [5.74, 6) is 0.125. The lowest BCUT2D eigenvalue weighted by Crippen LogP contribution is -2.55. The molecule has 0 aromatic carbocycles. The Kier molecular flexibility index (Phi) is 4.38. The SMILES string of the molecule is CC(=O)O[C@]1(C(C)=O)CC[C@H]2[C@@H]3CCC4=C(CCC5(C4)OCCO5)C3=CC[C@@]21C. The molecule has 0 aromatic heterocycles. The minimum Gasteiger partial charge on any atom is -0.451 e. The molecule has 158 valence electrons. The third-order valence-corrected chi connectivity index (χ3v) is 8.65. The summed E-state index contributed by atoms with van der Waals surface area (Å²) in [6, 6.07) is 0. The minimum absolute atomic E-state index is 0.000373. The lowest BCUT2D eigenvalue weighted by molar-refractivity contribution is -0.180. The second kappa shape index (κ2) is 6.52. The van der Waals surface area contributed by atoms with E-state index in [1.165, 1.54) is 23.6 Å². The number of allylic oxidation sites excluding steroid dienone is 3. The Morgan fingerprint density at radius 1 is 1.10 bits per heavy atom. The quantitative estimate of drug-likeness (QED) is 0.648. The van der Waals surface area contributed by atoms with E-state index in [2.05, 4.69) is 13.0 Å². The molecule has 0 unspecified atom stereocenters. The zero-order valence-electron chi connectivity index (χ0n) is 17.8. The van der Waals surface area contributed by atoms with E-state index < -0.39 is 5.60 Å². The predicted molar refractivity (Wildman–Crippen MR) is 107 cm³/mol. The second-order valence-electron chi connectivity index (χ2n) is 9.91. The van der Waals surface area contributed by atoms with Crippen molar-refractivity contribution in [3.63, 3.8) is 0 Å². The topological polar surface area (TPSA) is 61.8 Å². The summed E-state index contributed by atoms with van der Waals surface area (Å²) >= 11 is 0. The molecule has 0 bridgehead atoms. The van der Waals surface area contributed by atoms with Gasteiger partial charge in [-0.05, 0) is 68.4 Å². The number of ether oxygens (including phenoxy) is 3. The van der Waals surface area contributed by atoms with Crippen LogP contribution in [0.5, 0.6) is 0 Å². The number of ketones is 1. The van der Waals surface area contributed by atoms with Gasteiger partial charge in [0, 0.05) is 25.2 Å². The minimum atomic E-state index is -0.970. The fraction of sp³-hybridized carbons (Fsp3) is 0.750. The zero-order valence-corrected chi connectivity index (χ0v) is 17.8. The van der Waals surface area contributed by atoms with Crippen molar-refractivity contribution in [1.29, 1.82) is 0 Å². The van der Waals surface area contributed by atoms with Crippen LogP contribution in [0.2, 0.25) is 0 Å². The molecule has 1 heterocycles. The molecule has 5 nitrogen and oxygen atoms in total. The normalized spacial score (nSPS) is 40.2. The fourth-order valence-corrected chi connectivity index (χ4v) is 7.35. The van der Waals surface area contributed by atoms with Crippen LogP contribution < -0.4 is 0 Å². The number of carbonyl (C=O) groups is 2. The summed E-state index contributed by atoms with van der Waals surface area (Å²) in [4.78, 5) is 24.7. The van der Waals surface area contributed by atoms with Crippen LogP contribution in [-0.4, -0.2) is 36.4 Å². The van der Waals surface area contributed by atoms with Crippen LogP contribution in [0.4, 0.5) is 0 Å². The van der Waals surface area contributed by atoms with E-state index in [0.717, 1.165) is 44.9 Å². The van der Waals surface area contributed by atoms with Gasteiger partial charge in [-0.15, -0.1) is 0 Å². The van der Waals surface area contributed by atoms with E-state index in [1.54, 1.807) is 6.92 Å². The van der Waals surface area contributed by atoms with Gasteiger partial charge in [0.05, 0.1) is 13.2 Å². The Morgan fingerprint density at radius 3 is 2.55 bits per heavy atom. The van der Waals surface area contributed by atoms with Crippen molar-refractivity contribution in [1.82, 2.24) is 0 Å². The monoisotopic (exact) mass is 400 g/mol. The van der Waals surface area contributed by atoms with E-state index in [9.17, 15) is 9.59 Å². The van der Waals surface area contributed by atoms with Crippen molar-refractivity contribution in [2.24, 2.45) is 17.3 Å². The van der Waals surface area contributed by atoms with Crippen LogP contribution in [0.25, 0.3) is 0 Å². The largest absolute Gasteiger partial charge is 0.451 e. The smallest absolute Gasteiger partial charge is 0.303 e. The van der Waals surface area contributed by atoms with Gasteiger partial charge < -0.3 is 14.2 Å². The molecule has 1 saturated heterocycles. The number of Topliss-reactive ketones (excluding diaryl/α,β-unsaturated/α-hetero) is 1. The molecule has 0 amide bonds. The molecule has 4 aliphatic carbocycles. The Bertz CT molecular complexity index is 817. The van der Waals surface area contributed by atoms with E-state index >= 15 is 0 Å². The third-order valence-electron chi connectivity index (χ3n) is 8.65. The summed E-state index contributed by atoms with van der Waals surface area (Å²) in [6.07, 6.45) is 9.81. The average Bonchev–Trinajstić information content (AvgIpc) is 3.24. The first kappa shape index (κ1) is 19.5. The number of fused-ring (bicyclic) bond motifs is 4. The standard InChI is InChI=1S/C24H32O5/c1-15(25)24(29-16(2)26)11-8-21-20-5-4-17-14-23(27-12-13-28-23)10-7-18(17)19(20)6-9-22(21,24)3/h6,20-21H,4-5,7-14H2,1-3H3/t20-,21+,22+,24+/m1/s1. The van der Waals surface area contributed by atoms with E-state index in [-0.39, 0.29) is 23.0 Å². The average molecular weight is 401 g/mol. The van der Waals surface area contributed by atoms with Gasteiger partial charge in [-0.3, -0.25) is 9.59 Å². The van der Waals surface area contributed by atoms with Crippen LogP contribution in [0.15, 0.2) is 22.8 Å². The van der Waals surface area contributed by atoms with Gasteiger partial charge in [0.1, 0.15) is 0 Å². The van der Waals surface area contributed by atoms with Gasteiger partial charge in [0.2, 0.25) is 0 Å². The molecule has 1 saturated carbocycles. The Labute approximate surface area is 172 Å². The van der Waals surface area contributed by atoms with E-state index in [0.29, 0.717) is 31.5 Å². The van der Waals surface area contributed by atoms with Crippen LogP contribution in [0.3, 0.4) is 0 Å². The number of hydrogen-bond acceptors (Lipinski definition) is 5. The van der Waals surface area contributed by atoms with Crippen LogP contribution in [0.1, 0.15) is 72.1 Å². The molecular formula is C24H32O5. The summed E-state index contributed by atoms with van der Waals surface area (Å²) in [5, 5.41) is 0. The molecule has 2 fully saturated rings. The highest BCUT2D eigenvalue weighted by Gasteiger charge is 2.65.